The van der Waals surface area contributed by atoms with E-state index in [-0.39, 0.29) is 28.3 Å². The van der Waals surface area contributed by atoms with Gasteiger partial charge in [0, 0.05) is 11.1 Å². The third-order valence-electron chi connectivity index (χ3n) is 8.40. The molecule has 0 radical (unpaired) electrons. The second kappa shape index (κ2) is 19.1. The maximum Gasteiger partial charge on any atom is 2.00 e. The molecule has 6 nitrogen and oxygen atoms in total. The van der Waals surface area contributed by atoms with E-state index in [0.717, 1.165) is 94.3 Å². The molecule has 0 saturated heterocycles. The number of carbonyl (C=O) groups is 2. The third kappa shape index (κ3) is 8.73. The molecular weight excluding hydrogens is 948 g/mol. The van der Waals surface area contributed by atoms with Crippen LogP contribution in [0.25, 0.3) is 12.2 Å². The van der Waals surface area contributed by atoms with Crippen LogP contribution in [0.4, 0.5) is 0 Å². The molecule has 2 amide bonds. The first-order valence-corrected chi connectivity index (χ1v) is 28.3. The van der Waals surface area contributed by atoms with E-state index in [9.17, 15) is 9.59 Å². The van der Waals surface area contributed by atoms with Gasteiger partial charge in [0.25, 0.3) is 11.8 Å². The summed E-state index contributed by atoms with van der Waals surface area (Å²) in [5, 5.41) is 1.82. The molecule has 4 heterocycles. The Bertz CT molecular complexity index is 1670. The minimum absolute atomic E-state index is 0. The largest absolute Gasteiger partial charge is 2.00 e. The van der Waals surface area contributed by atoms with E-state index >= 15 is 0 Å². The van der Waals surface area contributed by atoms with Gasteiger partial charge in [-0.15, -0.1) is 10.7 Å². The van der Waals surface area contributed by atoms with Crippen molar-refractivity contribution in [3.05, 3.63) is 67.0 Å². The van der Waals surface area contributed by atoms with Gasteiger partial charge in [-0.25, -0.2) is 15.0 Å². The molecule has 0 aromatic carbocycles. The molecule has 4 rings (SSSR count). The van der Waals surface area contributed by atoms with Crippen molar-refractivity contribution in [1.29, 1.82) is 0 Å². The SMILES string of the molecule is CCC1=C(CC)C(/C=C2N=C(/C=c3\[n-]/c(=C\C4=NC(=O)C(CC)=C4CC)c(CC)c3CC)C(CC)=C\2CC)=NC1=O.I[I-]I.[Ni+2]. The van der Waals surface area contributed by atoms with Gasteiger partial charge >= 0.3 is 67.0 Å². The van der Waals surface area contributed by atoms with Crippen molar-refractivity contribution in [3.8, 4) is 0 Å². The van der Waals surface area contributed by atoms with Crippen LogP contribution in [0.2, 0.25) is 0 Å². The van der Waals surface area contributed by atoms with Crippen molar-refractivity contribution in [1.82, 2.24) is 4.98 Å². The van der Waals surface area contributed by atoms with E-state index in [1.54, 1.807) is 0 Å². The van der Waals surface area contributed by atoms with E-state index < -0.39 is 0 Å². The van der Waals surface area contributed by atoms with Crippen LogP contribution in [0.5, 0.6) is 0 Å². The molecule has 0 unspecified atom stereocenters. The molecule has 0 aliphatic carbocycles. The molecule has 1 aromatic rings. The molecule has 45 heavy (non-hydrogen) atoms. The fourth-order valence-electron chi connectivity index (χ4n) is 6.41. The summed E-state index contributed by atoms with van der Waals surface area (Å²) in [6, 6.07) is 0. The molecule has 0 spiro atoms. The first kappa shape index (κ1) is 40.2. The smallest absolute Gasteiger partial charge is 2.00 e. The number of amides is 2. The monoisotopic (exact) mass is 990 g/mol. The second-order valence-electron chi connectivity index (χ2n) is 10.5. The standard InChI is InChI=1S/C35H44N4O2.I3.Ni/c1-9-20-22(11-3)30(18-32-24(13-5)26(15-7)34(40)38-32)36-28(20)17-29-21(10-2)23(12-4)31(37-29)19-33-25(14-6)27(16-8)35(41)39-33;1-3-2;/h17-19H,9-16H2,1-8H3,(H,36,37,38,39,40,41);;/q;-1;+2/p-1. The quantitative estimate of drug-likeness (QED) is 0.237. The van der Waals surface area contributed by atoms with Crippen LogP contribution in [0.15, 0.2) is 60.2 Å². The number of nitrogens with zero attached hydrogens (tertiary/aromatic N) is 4. The van der Waals surface area contributed by atoms with Gasteiger partial charge in [0.05, 0.1) is 22.8 Å². The summed E-state index contributed by atoms with van der Waals surface area (Å²) in [6.45, 7) is 16.8. The van der Waals surface area contributed by atoms with E-state index in [1.165, 1.54) is 22.3 Å². The van der Waals surface area contributed by atoms with Crippen molar-refractivity contribution < 1.29 is 39.3 Å². The number of carbonyl (C=O) groups excluding carboxylic acids is 2. The van der Waals surface area contributed by atoms with Gasteiger partial charge in [-0.1, -0.05) is 78.7 Å². The molecule has 0 N–H and O–H groups in total. The maximum atomic E-state index is 12.5. The maximum absolute atomic E-state index is 12.5. The fourth-order valence-corrected chi connectivity index (χ4v) is 6.41. The van der Waals surface area contributed by atoms with Crippen LogP contribution in [-0.2, 0) is 38.9 Å². The van der Waals surface area contributed by atoms with Crippen molar-refractivity contribution in [2.75, 3.05) is 0 Å². The summed E-state index contributed by atoms with van der Waals surface area (Å²) in [5.41, 5.74) is 11.8. The fraction of sp³-hybridized carbons (Fsp3) is 0.457. The van der Waals surface area contributed by atoms with E-state index in [0.29, 0.717) is 26.1 Å². The predicted octanol–water partition coefficient (Wildman–Crippen LogP) is 4.75. The van der Waals surface area contributed by atoms with Crippen LogP contribution in [-0.4, -0.2) is 28.9 Å². The summed E-state index contributed by atoms with van der Waals surface area (Å²) in [7, 11) is 0. The molecule has 1 aromatic heterocycles. The third-order valence-corrected chi connectivity index (χ3v) is 8.40. The second-order valence-corrected chi connectivity index (χ2v) is 26.8. The number of hydrogen-bond donors (Lipinski definition) is 0. The Balaban J connectivity index is 0.00000169. The normalized spacial score (nSPS) is 18.4. The van der Waals surface area contributed by atoms with Gasteiger partial charge < -0.3 is 4.98 Å². The molecule has 3 aliphatic heterocycles. The molecule has 0 bridgehead atoms. The van der Waals surface area contributed by atoms with Crippen molar-refractivity contribution in [2.24, 2.45) is 15.0 Å². The Morgan fingerprint density at radius 1 is 0.533 bits per heavy atom. The number of aliphatic imine (C=N–C) groups is 3. The zero-order chi connectivity index (χ0) is 32.6. The zero-order valence-corrected chi connectivity index (χ0v) is 34.9. The van der Waals surface area contributed by atoms with Crippen LogP contribution in [0.3, 0.4) is 0 Å². The number of allylic oxidation sites excluding steroid dienone is 5. The summed E-state index contributed by atoms with van der Waals surface area (Å²) in [4.78, 5) is 44.0. The van der Waals surface area contributed by atoms with Gasteiger partial charge in [-0.3, -0.25) is 9.59 Å². The zero-order valence-electron chi connectivity index (χ0n) is 27.4. The van der Waals surface area contributed by atoms with Crippen molar-refractivity contribution in [2.45, 2.75) is 107 Å². The van der Waals surface area contributed by atoms with E-state index in [1.807, 2.05) is 26.0 Å². The number of hydrogen-bond acceptors (Lipinski definition) is 3. The molecule has 0 fully saturated rings. The topological polar surface area (TPSA) is 85.3 Å². The van der Waals surface area contributed by atoms with Crippen molar-refractivity contribution >= 4 is 78.3 Å². The first-order valence-electron chi connectivity index (χ1n) is 15.7. The van der Waals surface area contributed by atoms with Crippen LogP contribution >= 0.6 is 37.2 Å². The van der Waals surface area contributed by atoms with Crippen LogP contribution < -0.4 is 28.9 Å². The molecular formula is C35H43I3N4NiO2. The average Bonchev–Trinajstić information content (AvgIpc) is 3.71. The minimum Gasteiger partial charge on any atom is 2.00 e. The summed E-state index contributed by atoms with van der Waals surface area (Å²) in [6.07, 6.45) is 12.4. The van der Waals surface area contributed by atoms with Gasteiger partial charge in [-0.05, 0) is 79.7 Å². The van der Waals surface area contributed by atoms with Gasteiger partial charge in [-0.2, -0.15) is 0 Å². The first-order chi connectivity index (χ1) is 21.2. The number of halogens is 3. The van der Waals surface area contributed by atoms with E-state index in [2.05, 4.69) is 94.8 Å². The van der Waals surface area contributed by atoms with Gasteiger partial charge in [0.1, 0.15) is 0 Å². The Hall–Kier alpha value is -0.986. The van der Waals surface area contributed by atoms with Gasteiger partial charge in [0.2, 0.25) is 0 Å². The number of rotatable bonds is 11. The Labute approximate surface area is 308 Å². The molecule has 3 aliphatic rings. The molecule has 0 atom stereocenters. The Morgan fingerprint density at radius 3 is 1.22 bits per heavy atom. The predicted molar refractivity (Wildman–Crippen MR) is 198 cm³/mol. The summed E-state index contributed by atoms with van der Waals surface area (Å²) < 4.78 is 0. The average molecular weight is 991 g/mol. The minimum atomic E-state index is -0.118. The van der Waals surface area contributed by atoms with Crippen LogP contribution in [0.1, 0.15) is 105 Å². The van der Waals surface area contributed by atoms with Gasteiger partial charge in [0.15, 0.2) is 0 Å². The number of aromatic nitrogens is 1. The molecule has 246 valence electrons. The Morgan fingerprint density at radius 2 is 0.867 bits per heavy atom. The molecule has 0 saturated carbocycles. The summed E-state index contributed by atoms with van der Waals surface area (Å²) >= 11 is 5.30. The Kier molecular flexibility index (Phi) is 17.1. The summed E-state index contributed by atoms with van der Waals surface area (Å²) in [5.74, 6) is -0.235. The van der Waals surface area contributed by atoms with E-state index in [4.69, 9.17) is 9.98 Å². The molecule has 10 heteroatoms. The van der Waals surface area contributed by atoms with Crippen molar-refractivity contribution in [3.63, 3.8) is 0 Å². The van der Waals surface area contributed by atoms with Crippen LogP contribution in [0, 0.1) is 0 Å².